The topological polar surface area (TPSA) is 112 Å². The van der Waals surface area contributed by atoms with E-state index >= 15 is 0 Å². The number of hydrogen-bond acceptors (Lipinski definition) is 6. The molecule has 6 nitrogen and oxygen atoms in total. The molecular weight excluding hydrogens is 180 g/mol. The van der Waals surface area contributed by atoms with Crippen LogP contribution in [0.25, 0.3) is 0 Å². The van der Waals surface area contributed by atoms with Crippen LogP contribution in [-0.2, 0) is 9.84 Å². The van der Waals surface area contributed by atoms with Gasteiger partial charge in [-0.15, -0.1) is 0 Å². The first-order valence-electron chi connectivity index (χ1n) is 2.99. The van der Waals surface area contributed by atoms with Gasteiger partial charge in [0.25, 0.3) is 5.16 Å². The second kappa shape index (κ2) is 2.59. The van der Waals surface area contributed by atoms with Gasteiger partial charge in [-0.05, 0) is 0 Å². The zero-order valence-corrected chi connectivity index (χ0v) is 7.17. The molecule has 12 heavy (non-hydrogen) atoms. The van der Waals surface area contributed by atoms with E-state index in [4.69, 9.17) is 11.5 Å². The van der Waals surface area contributed by atoms with E-state index in [1.807, 2.05) is 0 Å². The number of nitrogens with zero attached hydrogens (tertiary/aromatic N) is 2. The molecule has 0 aliphatic rings. The van der Waals surface area contributed by atoms with Crippen molar-refractivity contribution in [2.75, 3.05) is 17.7 Å². The molecule has 4 N–H and O–H groups in total. The maximum absolute atomic E-state index is 10.9. The molecule has 0 aromatic carbocycles. The van der Waals surface area contributed by atoms with Gasteiger partial charge in [0.2, 0.25) is 9.84 Å². The van der Waals surface area contributed by atoms with Gasteiger partial charge in [0.1, 0.15) is 11.6 Å². The Bertz CT molecular complexity index is 380. The van der Waals surface area contributed by atoms with Crippen molar-refractivity contribution in [3.8, 4) is 0 Å². The van der Waals surface area contributed by atoms with Crippen LogP contribution in [0.4, 0.5) is 11.6 Å². The summed E-state index contributed by atoms with van der Waals surface area (Å²) in [4.78, 5) is 7.01. The van der Waals surface area contributed by atoms with Crippen LogP contribution in [0.5, 0.6) is 0 Å². The van der Waals surface area contributed by atoms with Crippen LogP contribution >= 0.6 is 0 Å². The lowest BCUT2D eigenvalue weighted by Crippen LogP contribution is -2.08. The second-order valence-electron chi connectivity index (χ2n) is 2.27. The Labute approximate surface area is 69.5 Å². The molecule has 0 aliphatic carbocycles. The maximum atomic E-state index is 10.9. The Morgan fingerprint density at radius 3 is 2.00 bits per heavy atom. The molecule has 1 aromatic heterocycles. The first kappa shape index (κ1) is 8.72. The van der Waals surface area contributed by atoms with Crippen molar-refractivity contribution in [3.05, 3.63) is 6.07 Å². The molecule has 1 aromatic rings. The predicted molar refractivity (Wildman–Crippen MR) is 44.0 cm³/mol. The van der Waals surface area contributed by atoms with E-state index in [1.165, 1.54) is 6.07 Å². The Balaban J connectivity index is 3.37. The van der Waals surface area contributed by atoms with Gasteiger partial charge >= 0.3 is 0 Å². The van der Waals surface area contributed by atoms with Gasteiger partial charge in [0, 0.05) is 12.3 Å². The summed E-state index contributed by atoms with van der Waals surface area (Å²) >= 11 is 0. The van der Waals surface area contributed by atoms with E-state index in [2.05, 4.69) is 9.97 Å². The molecule has 66 valence electrons. The Kier molecular flexibility index (Phi) is 1.89. The smallest absolute Gasteiger partial charge is 0.250 e. The van der Waals surface area contributed by atoms with Crippen LogP contribution in [0.2, 0.25) is 0 Å². The number of hydrogen-bond donors (Lipinski definition) is 2. The van der Waals surface area contributed by atoms with Crippen LogP contribution in [-0.4, -0.2) is 24.6 Å². The van der Waals surface area contributed by atoms with Gasteiger partial charge in [-0.1, -0.05) is 0 Å². The van der Waals surface area contributed by atoms with Crippen LogP contribution in [0, 0.1) is 0 Å². The minimum Gasteiger partial charge on any atom is -0.383 e. The molecule has 0 radical (unpaired) electrons. The summed E-state index contributed by atoms with van der Waals surface area (Å²) in [6.07, 6.45) is 0.987. The van der Waals surface area contributed by atoms with Crippen molar-refractivity contribution in [1.82, 2.24) is 9.97 Å². The van der Waals surface area contributed by atoms with E-state index in [9.17, 15) is 8.42 Å². The van der Waals surface area contributed by atoms with Crippen molar-refractivity contribution in [1.29, 1.82) is 0 Å². The van der Waals surface area contributed by atoms with Crippen molar-refractivity contribution >= 4 is 21.5 Å². The summed E-state index contributed by atoms with van der Waals surface area (Å²) < 4.78 is 21.8. The first-order chi connectivity index (χ1) is 5.39. The van der Waals surface area contributed by atoms with E-state index in [0.29, 0.717) is 0 Å². The van der Waals surface area contributed by atoms with Crippen molar-refractivity contribution in [2.24, 2.45) is 0 Å². The molecular formula is C5H8N4O2S. The third kappa shape index (κ3) is 1.82. The molecule has 1 rings (SSSR count). The van der Waals surface area contributed by atoms with Gasteiger partial charge in [0.05, 0.1) is 0 Å². The van der Waals surface area contributed by atoms with Crippen LogP contribution in [0.3, 0.4) is 0 Å². The van der Waals surface area contributed by atoms with Gasteiger partial charge in [-0.25, -0.2) is 18.4 Å². The minimum atomic E-state index is -3.43. The molecule has 0 atom stereocenters. The monoisotopic (exact) mass is 188 g/mol. The fourth-order valence-electron chi connectivity index (χ4n) is 0.628. The largest absolute Gasteiger partial charge is 0.383 e. The SMILES string of the molecule is CS(=O)(=O)c1nc(N)cc(N)n1. The number of aromatic nitrogens is 2. The lowest BCUT2D eigenvalue weighted by atomic mass is 10.5. The highest BCUT2D eigenvalue weighted by Crippen LogP contribution is 2.08. The molecule has 0 fully saturated rings. The Morgan fingerprint density at radius 2 is 1.67 bits per heavy atom. The minimum absolute atomic E-state index is 0.0444. The number of rotatable bonds is 1. The molecule has 0 bridgehead atoms. The summed E-state index contributed by atoms with van der Waals surface area (Å²) in [7, 11) is -3.43. The Morgan fingerprint density at radius 1 is 1.25 bits per heavy atom. The highest BCUT2D eigenvalue weighted by atomic mass is 32.2. The van der Waals surface area contributed by atoms with Crippen LogP contribution < -0.4 is 11.5 Å². The summed E-state index contributed by atoms with van der Waals surface area (Å²) in [5.74, 6) is 0.0888. The third-order valence-electron chi connectivity index (χ3n) is 1.08. The summed E-state index contributed by atoms with van der Waals surface area (Å²) in [5.41, 5.74) is 10.5. The molecule has 0 saturated carbocycles. The lowest BCUT2D eigenvalue weighted by Gasteiger charge is -1.99. The zero-order valence-electron chi connectivity index (χ0n) is 6.35. The average molecular weight is 188 g/mol. The molecule has 7 heteroatoms. The van der Waals surface area contributed by atoms with Crippen molar-refractivity contribution in [2.45, 2.75) is 5.16 Å². The number of anilines is 2. The fourth-order valence-corrected chi connectivity index (χ4v) is 1.17. The number of nitrogen functional groups attached to an aromatic ring is 2. The van der Waals surface area contributed by atoms with E-state index in [1.54, 1.807) is 0 Å². The quantitative estimate of drug-likeness (QED) is 0.549. The van der Waals surface area contributed by atoms with Gasteiger partial charge in [-0.2, -0.15) is 0 Å². The summed E-state index contributed by atoms with van der Waals surface area (Å²) in [5, 5.41) is -0.347. The van der Waals surface area contributed by atoms with Gasteiger partial charge in [0.15, 0.2) is 0 Å². The zero-order chi connectivity index (χ0) is 9.35. The third-order valence-corrected chi connectivity index (χ3v) is 1.92. The average Bonchev–Trinajstić information content (AvgIpc) is 1.82. The summed E-state index contributed by atoms with van der Waals surface area (Å²) in [6.45, 7) is 0. The van der Waals surface area contributed by atoms with Crippen LogP contribution in [0.1, 0.15) is 0 Å². The van der Waals surface area contributed by atoms with Crippen molar-refractivity contribution < 1.29 is 8.42 Å². The normalized spacial score (nSPS) is 11.4. The van der Waals surface area contributed by atoms with E-state index in [0.717, 1.165) is 6.26 Å². The molecule has 0 saturated heterocycles. The van der Waals surface area contributed by atoms with Gasteiger partial charge < -0.3 is 11.5 Å². The first-order valence-corrected chi connectivity index (χ1v) is 4.89. The standard InChI is InChI=1S/C5H8N4O2S/c1-12(10,11)5-8-3(6)2-4(7)9-5/h2H,1H3,(H4,6,7,8,9). The molecule has 0 spiro atoms. The maximum Gasteiger partial charge on any atom is 0.250 e. The highest BCUT2D eigenvalue weighted by Gasteiger charge is 2.11. The molecule has 0 aliphatic heterocycles. The van der Waals surface area contributed by atoms with Crippen LogP contribution in [0.15, 0.2) is 11.2 Å². The predicted octanol–water partition coefficient (Wildman–Crippen LogP) is -0.956. The summed E-state index contributed by atoms with van der Waals surface area (Å²) in [6, 6.07) is 1.29. The molecule has 0 unspecified atom stereocenters. The van der Waals surface area contributed by atoms with E-state index in [-0.39, 0.29) is 16.8 Å². The lowest BCUT2D eigenvalue weighted by molar-refractivity contribution is 0.593. The number of sulfone groups is 1. The second-order valence-corrected chi connectivity index (χ2v) is 4.18. The Hall–Kier alpha value is -1.37. The fraction of sp³-hybridized carbons (Fsp3) is 0.200. The number of nitrogens with two attached hydrogens (primary N) is 2. The van der Waals surface area contributed by atoms with Gasteiger partial charge in [-0.3, -0.25) is 0 Å². The molecule has 1 heterocycles. The van der Waals surface area contributed by atoms with E-state index < -0.39 is 9.84 Å². The highest BCUT2D eigenvalue weighted by molar-refractivity contribution is 7.90. The van der Waals surface area contributed by atoms with Crippen molar-refractivity contribution in [3.63, 3.8) is 0 Å². The molecule has 0 amide bonds.